The van der Waals surface area contributed by atoms with Crippen LogP contribution in [-0.2, 0) is 10.3 Å². The van der Waals surface area contributed by atoms with E-state index in [1.165, 1.54) is 11.1 Å². The van der Waals surface area contributed by atoms with E-state index in [0.717, 1.165) is 13.0 Å². The van der Waals surface area contributed by atoms with Crippen molar-refractivity contribution in [2.45, 2.75) is 18.9 Å². The van der Waals surface area contributed by atoms with E-state index < -0.39 is 0 Å². The molecule has 1 saturated heterocycles. The molecule has 1 aliphatic heterocycles. The summed E-state index contributed by atoms with van der Waals surface area (Å²) in [6, 6.07) is 10.4. The third kappa shape index (κ3) is 1.65. The molecule has 68 valence electrons. The number of ether oxygens (including phenoxy) is 1. The highest BCUT2D eigenvalue weighted by molar-refractivity contribution is 5.28. The molecule has 1 heterocycles. The van der Waals surface area contributed by atoms with Crippen molar-refractivity contribution in [3.8, 4) is 0 Å². The van der Waals surface area contributed by atoms with E-state index in [-0.39, 0.29) is 5.60 Å². The van der Waals surface area contributed by atoms with Crippen molar-refractivity contribution in [3.05, 3.63) is 48.0 Å². The lowest BCUT2D eigenvalue weighted by Crippen LogP contribution is -2.08. The highest BCUT2D eigenvalue weighted by Crippen LogP contribution is 2.43. The number of benzene rings is 1. The predicted molar refractivity (Wildman–Crippen MR) is 53.5 cm³/mol. The zero-order valence-corrected chi connectivity index (χ0v) is 7.92. The van der Waals surface area contributed by atoms with Crippen LogP contribution in [-0.4, -0.2) is 6.61 Å². The summed E-state index contributed by atoms with van der Waals surface area (Å²) in [5.74, 6) is 0. The van der Waals surface area contributed by atoms with Crippen LogP contribution in [0.2, 0.25) is 0 Å². The highest BCUT2D eigenvalue weighted by atomic mass is 16.6. The van der Waals surface area contributed by atoms with Crippen LogP contribution < -0.4 is 0 Å². The van der Waals surface area contributed by atoms with Gasteiger partial charge >= 0.3 is 0 Å². The first-order chi connectivity index (χ1) is 6.23. The van der Waals surface area contributed by atoms with E-state index in [0.29, 0.717) is 0 Å². The topological polar surface area (TPSA) is 12.5 Å². The third-order valence-electron chi connectivity index (χ3n) is 2.38. The fourth-order valence-corrected chi connectivity index (χ4v) is 1.69. The molecule has 2 rings (SSSR count). The minimum atomic E-state index is -0.0346. The first-order valence-electron chi connectivity index (χ1n) is 4.57. The summed E-state index contributed by atoms with van der Waals surface area (Å²) in [5, 5.41) is 0. The molecule has 13 heavy (non-hydrogen) atoms. The molecule has 1 aromatic rings. The Hall–Kier alpha value is -1.08. The molecule has 0 radical (unpaired) electrons. The van der Waals surface area contributed by atoms with Crippen molar-refractivity contribution in [1.29, 1.82) is 0 Å². The third-order valence-corrected chi connectivity index (χ3v) is 2.38. The van der Waals surface area contributed by atoms with Crippen LogP contribution in [0.4, 0.5) is 0 Å². The summed E-state index contributed by atoms with van der Waals surface area (Å²) in [5.41, 5.74) is 2.42. The minimum Gasteiger partial charge on any atom is -0.364 e. The SMILES string of the molecule is C=C(C)CC1(c2ccccc2)CO1. The Kier molecular flexibility index (Phi) is 1.97. The fourth-order valence-electron chi connectivity index (χ4n) is 1.69. The van der Waals surface area contributed by atoms with Crippen molar-refractivity contribution < 1.29 is 4.74 Å². The molecule has 1 fully saturated rings. The summed E-state index contributed by atoms with van der Waals surface area (Å²) >= 11 is 0. The Balaban J connectivity index is 2.21. The zero-order chi connectivity index (χ0) is 9.31. The molecule has 0 saturated carbocycles. The van der Waals surface area contributed by atoms with Crippen molar-refractivity contribution in [2.75, 3.05) is 6.61 Å². The molecule has 1 heteroatoms. The highest BCUT2D eigenvalue weighted by Gasteiger charge is 2.45. The van der Waals surface area contributed by atoms with Gasteiger partial charge in [-0.1, -0.05) is 35.9 Å². The number of hydrogen-bond donors (Lipinski definition) is 0. The Labute approximate surface area is 79.0 Å². The lowest BCUT2D eigenvalue weighted by molar-refractivity contribution is 0.306. The molecular weight excluding hydrogens is 160 g/mol. The molecular formula is C12H14O. The zero-order valence-electron chi connectivity index (χ0n) is 7.92. The fraction of sp³-hybridized carbons (Fsp3) is 0.333. The summed E-state index contributed by atoms with van der Waals surface area (Å²) in [7, 11) is 0. The van der Waals surface area contributed by atoms with Gasteiger partial charge in [0.25, 0.3) is 0 Å². The normalized spacial score (nSPS) is 25.6. The van der Waals surface area contributed by atoms with Gasteiger partial charge in [-0.05, 0) is 12.5 Å². The van der Waals surface area contributed by atoms with Gasteiger partial charge in [0.2, 0.25) is 0 Å². The Morgan fingerprint density at radius 1 is 1.46 bits per heavy atom. The van der Waals surface area contributed by atoms with Gasteiger partial charge in [0.15, 0.2) is 0 Å². The number of hydrogen-bond acceptors (Lipinski definition) is 1. The van der Waals surface area contributed by atoms with E-state index in [4.69, 9.17) is 4.74 Å². The molecule has 0 amide bonds. The molecule has 1 nitrogen and oxygen atoms in total. The Morgan fingerprint density at radius 2 is 2.08 bits per heavy atom. The second-order valence-electron chi connectivity index (χ2n) is 3.78. The molecule has 1 atom stereocenters. The van der Waals surface area contributed by atoms with E-state index in [1.54, 1.807) is 0 Å². The van der Waals surface area contributed by atoms with Crippen molar-refractivity contribution >= 4 is 0 Å². The molecule has 0 N–H and O–H groups in total. The van der Waals surface area contributed by atoms with Gasteiger partial charge in [0.05, 0.1) is 6.61 Å². The molecule has 0 spiro atoms. The van der Waals surface area contributed by atoms with Gasteiger partial charge in [-0.3, -0.25) is 0 Å². The summed E-state index contributed by atoms with van der Waals surface area (Å²) < 4.78 is 5.53. The second-order valence-corrected chi connectivity index (χ2v) is 3.78. The van der Waals surface area contributed by atoms with Crippen LogP contribution in [0.25, 0.3) is 0 Å². The molecule has 1 unspecified atom stereocenters. The molecule has 0 aromatic heterocycles. The van der Waals surface area contributed by atoms with E-state index >= 15 is 0 Å². The predicted octanol–water partition coefficient (Wildman–Crippen LogP) is 2.88. The van der Waals surface area contributed by atoms with E-state index in [2.05, 4.69) is 30.8 Å². The largest absolute Gasteiger partial charge is 0.364 e. The smallest absolute Gasteiger partial charge is 0.120 e. The average Bonchev–Trinajstić information content (AvgIpc) is 2.86. The molecule has 0 bridgehead atoms. The van der Waals surface area contributed by atoms with Crippen LogP contribution in [0, 0.1) is 0 Å². The maximum atomic E-state index is 5.53. The van der Waals surface area contributed by atoms with Gasteiger partial charge in [-0.2, -0.15) is 0 Å². The van der Waals surface area contributed by atoms with Crippen LogP contribution in [0.5, 0.6) is 0 Å². The second kappa shape index (κ2) is 3.00. The first-order valence-corrected chi connectivity index (χ1v) is 4.57. The lowest BCUT2D eigenvalue weighted by atomic mass is 9.94. The van der Waals surface area contributed by atoms with Gasteiger partial charge in [-0.25, -0.2) is 0 Å². The summed E-state index contributed by atoms with van der Waals surface area (Å²) in [4.78, 5) is 0. The van der Waals surface area contributed by atoms with Crippen LogP contribution in [0.15, 0.2) is 42.5 Å². The summed E-state index contributed by atoms with van der Waals surface area (Å²) in [6.45, 7) is 6.81. The Bertz CT molecular complexity index is 309. The van der Waals surface area contributed by atoms with Crippen molar-refractivity contribution in [1.82, 2.24) is 0 Å². The van der Waals surface area contributed by atoms with E-state index in [9.17, 15) is 0 Å². The van der Waals surface area contributed by atoms with Crippen LogP contribution in [0.3, 0.4) is 0 Å². The summed E-state index contributed by atoms with van der Waals surface area (Å²) in [6.07, 6.45) is 0.941. The van der Waals surface area contributed by atoms with Crippen LogP contribution in [0.1, 0.15) is 18.9 Å². The monoisotopic (exact) mass is 174 g/mol. The Morgan fingerprint density at radius 3 is 2.54 bits per heavy atom. The van der Waals surface area contributed by atoms with Crippen molar-refractivity contribution in [3.63, 3.8) is 0 Å². The minimum absolute atomic E-state index is 0.0346. The van der Waals surface area contributed by atoms with Gasteiger partial charge in [0.1, 0.15) is 5.60 Å². The number of rotatable bonds is 3. The molecule has 1 aliphatic rings. The molecule has 1 aromatic carbocycles. The van der Waals surface area contributed by atoms with E-state index in [1.807, 2.05) is 13.0 Å². The van der Waals surface area contributed by atoms with Gasteiger partial charge in [0, 0.05) is 6.42 Å². The van der Waals surface area contributed by atoms with Gasteiger partial charge < -0.3 is 4.74 Å². The lowest BCUT2D eigenvalue weighted by Gasteiger charge is -2.11. The standard InChI is InChI=1S/C12H14O/c1-10(2)8-12(9-13-12)11-6-4-3-5-7-11/h3-7H,1,8-9H2,2H3. The maximum absolute atomic E-state index is 5.53. The average molecular weight is 174 g/mol. The van der Waals surface area contributed by atoms with Gasteiger partial charge in [-0.15, -0.1) is 6.58 Å². The van der Waals surface area contributed by atoms with Crippen molar-refractivity contribution in [2.24, 2.45) is 0 Å². The first kappa shape index (κ1) is 8.52. The maximum Gasteiger partial charge on any atom is 0.120 e. The molecule has 0 aliphatic carbocycles. The van der Waals surface area contributed by atoms with Crippen LogP contribution >= 0.6 is 0 Å². The quantitative estimate of drug-likeness (QED) is 0.507. The number of epoxide rings is 1.